The molecule has 0 radical (unpaired) electrons. The van der Waals surface area contributed by atoms with E-state index in [-0.39, 0.29) is 29.1 Å². The zero-order valence-electron chi connectivity index (χ0n) is 23.4. The molecule has 2 amide bonds. The summed E-state index contributed by atoms with van der Waals surface area (Å²) in [7, 11) is -2.68. The number of rotatable bonds is 12. The Bertz CT molecular complexity index is 1410. The van der Waals surface area contributed by atoms with Gasteiger partial charge >= 0.3 is 0 Å². The Morgan fingerprint density at radius 1 is 1.00 bits per heavy atom. The third-order valence-electron chi connectivity index (χ3n) is 6.66. The van der Waals surface area contributed by atoms with E-state index in [0.717, 1.165) is 21.9 Å². The summed E-state index contributed by atoms with van der Waals surface area (Å²) in [6, 6.07) is 18.9. The topological polar surface area (TPSA) is 96.0 Å². The average Bonchev–Trinajstić information content (AvgIpc) is 2.95. The second kappa shape index (κ2) is 13.7. The van der Waals surface area contributed by atoms with Crippen LogP contribution in [-0.2, 0) is 26.2 Å². The first-order valence-corrected chi connectivity index (χ1v) is 14.9. The van der Waals surface area contributed by atoms with Gasteiger partial charge in [0.15, 0.2) is 0 Å². The second-order valence-corrected chi connectivity index (χ2v) is 12.0. The van der Waals surface area contributed by atoms with Crippen molar-refractivity contribution in [3.05, 3.63) is 88.9 Å². The molecule has 0 bridgehead atoms. The Labute approximate surface area is 241 Å². The SMILES string of the molecule is CCC(C)NC(=O)C(C)N(Cc1ccc(Cl)cc1)C(=O)CN(c1cccc(OC)c1)S(=O)(=O)c1ccc(C)cc1. The lowest BCUT2D eigenvalue weighted by molar-refractivity contribution is -0.139. The van der Waals surface area contributed by atoms with Crippen molar-refractivity contribution < 1.29 is 22.7 Å². The molecule has 10 heteroatoms. The monoisotopic (exact) mass is 585 g/mol. The first-order valence-electron chi connectivity index (χ1n) is 13.0. The largest absolute Gasteiger partial charge is 0.497 e. The van der Waals surface area contributed by atoms with Crippen molar-refractivity contribution in [3.8, 4) is 5.75 Å². The summed E-state index contributed by atoms with van der Waals surface area (Å²) in [4.78, 5) is 28.5. The fraction of sp³-hybridized carbons (Fsp3) is 0.333. The zero-order valence-corrected chi connectivity index (χ0v) is 25.0. The van der Waals surface area contributed by atoms with E-state index in [2.05, 4.69) is 5.32 Å². The maximum atomic E-state index is 14.0. The first kappa shape index (κ1) is 31.0. The minimum absolute atomic E-state index is 0.0422. The van der Waals surface area contributed by atoms with Crippen molar-refractivity contribution in [1.82, 2.24) is 10.2 Å². The number of anilines is 1. The van der Waals surface area contributed by atoms with E-state index in [1.807, 2.05) is 20.8 Å². The Kier molecular flexibility index (Phi) is 10.6. The highest BCUT2D eigenvalue weighted by atomic mass is 35.5. The minimum Gasteiger partial charge on any atom is -0.497 e. The summed E-state index contributed by atoms with van der Waals surface area (Å²) < 4.78 is 34.2. The van der Waals surface area contributed by atoms with Crippen LogP contribution in [0.4, 0.5) is 5.69 Å². The molecule has 3 aromatic rings. The maximum absolute atomic E-state index is 14.0. The van der Waals surface area contributed by atoms with Gasteiger partial charge in [-0.25, -0.2) is 8.42 Å². The van der Waals surface area contributed by atoms with Crippen molar-refractivity contribution in [1.29, 1.82) is 0 Å². The molecule has 0 saturated heterocycles. The van der Waals surface area contributed by atoms with Crippen molar-refractivity contribution in [2.75, 3.05) is 18.0 Å². The van der Waals surface area contributed by atoms with Gasteiger partial charge in [-0.15, -0.1) is 0 Å². The number of hydrogen-bond donors (Lipinski definition) is 1. The van der Waals surface area contributed by atoms with Gasteiger partial charge in [0.1, 0.15) is 18.3 Å². The second-order valence-electron chi connectivity index (χ2n) is 9.67. The first-order chi connectivity index (χ1) is 19.0. The van der Waals surface area contributed by atoms with Gasteiger partial charge in [-0.1, -0.05) is 54.4 Å². The number of sulfonamides is 1. The number of benzene rings is 3. The summed E-state index contributed by atoms with van der Waals surface area (Å²) in [5.41, 5.74) is 1.91. The highest BCUT2D eigenvalue weighted by Crippen LogP contribution is 2.28. The number of nitrogens with one attached hydrogen (secondary N) is 1. The number of carbonyl (C=O) groups excluding carboxylic acids is 2. The number of halogens is 1. The van der Waals surface area contributed by atoms with Gasteiger partial charge in [0.05, 0.1) is 17.7 Å². The van der Waals surface area contributed by atoms with Crippen LogP contribution in [0.3, 0.4) is 0 Å². The van der Waals surface area contributed by atoms with E-state index >= 15 is 0 Å². The standard InChI is InChI=1S/C30H36ClN3O5S/c1-6-22(3)32-30(36)23(4)33(19-24-12-14-25(31)15-13-24)29(35)20-34(26-8-7-9-27(18-26)39-5)40(37,38)28-16-10-21(2)11-17-28/h7-18,22-23H,6,19-20H2,1-5H3,(H,32,36). The minimum atomic E-state index is -4.16. The number of amides is 2. The Morgan fingerprint density at radius 2 is 1.65 bits per heavy atom. The van der Waals surface area contributed by atoms with Gasteiger partial charge in [0.2, 0.25) is 11.8 Å². The lowest BCUT2D eigenvalue weighted by Crippen LogP contribution is -2.52. The van der Waals surface area contributed by atoms with Crippen LogP contribution in [0.5, 0.6) is 5.75 Å². The van der Waals surface area contributed by atoms with Gasteiger partial charge in [-0.05, 0) is 69.2 Å². The zero-order chi connectivity index (χ0) is 29.4. The molecular formula is C30H36ClN3O5S. The molecule has 0 fully saturated rings. The van der Waals surface area contributed by atoms with Crippen molar-refractivity contribution >= 4 is 39.1 Å². The van der Waals surface area contributed by atoms with Crippen LogP contribution in [0.15, 0.2) is 77.7 Å². The lowest BCUT2D eigenvalue weighted by Gasteiger charge is -2.32. The number of aryl methyl sites for hydroxylation is 1. The summed E-state index contributed by atoms with van der Waals surface area (Å²) in [5, 5.41) is 3.46. The highest BCUT2D eigenvalue weighted by Gasteiger charge is 2.33. The van der Waals surface area contributed by atoms with Gasteiger partial charge in [-0.2, -0.15) is 0 Å². The maximum Gasteiger partial charge on any atom is 0.264 e. The molecule has 40 heavy (non-hydrogen) atoms. The predicted molar refractivity (Wildman–Crippen MR) is 158 cm³/mol. The molecule has 2 unspecified atom stereocenters. The smallest absolute Gasteiger partial charge is 0.264 e. The Balaban J connectivity index is 2.04. The average molecular weight is 586 g/mol. The third kappa shape index (κ3) is 7.76. The Morgan fingerprint density at radius 3 is 2.25 bits per heavy atom. The van der Waals surface area contributed by atoms with E-state index in [1.165, 1.54) is 24.1 Å². The van der Waals surface area contributed by atoms with Crippen LogP contribution >= 0.6 is 11.6 Å². The van der Waals surface area contributed by atoms with E-state index in [0.29, 0.717) is 10.8 Å². The third-order valence-corrected chi connectivity index (χ3v) is 8.70. The molecule has 0 heterocycles. The predicted octanol–water partition coefficient (Wildman–Crippen LogP) is 5.18. The Hall–Kier alpha value is -3.56. The number of carbonyl (C=O) groups is 2. The number of ether oxygens (including phenoxy) is 1. The summed E-state index contributed by atoms with van der Waals surface area (Å²) >= 11 is 6.05. The fourth-order valence-corrected chi connectivity index (χ4v) is 5.50. The van der Waals surface area contributed by atoms with Gasteiger partial charge in [0.25, 0.3) is 10.0 Å². The molecule has 8 nitrogen and oxygen atoms in total. The number of methoxy groups -OCH3 is 1. The number of hydrogen-bond acceptors (Lipinski definition) is 5. The molecule has 0 spiro atoms. The van der Waals surface area contributed by atoms with Gasteiger partial charge in [0, 0.05) is 23.7 Å². The van der Waals surface area contributed by atoms with Crippen LogP contribution in [0, 0.1) is 6.92 Å². The molecule has 2 atom stereocenters. The molecule has 0 aliphatic rings. The van der Waals surface area contributed by atoms with Crippen molar-refractivity contribution in [2.24, 2.45) is 0 Å². The van der Waals surface area contributed by atoms with E-state index in [9.17, 15) is 18.0 Å². The summed E-state index contributed by atoms with van der Waals surface area (Å²) in [6.07, 6.45) is 0.724. The van der Waals surface area contributed by atoms with Gasteiger partial charge < -0.3 is 15.0 Å². The summed E-state index contributed by atoms with van der Waals surface area (Å²) in [5.74, 6) is -0.431. The van der Waals surface area contributed by atoms with E-state index in [1.54, 1.807) is 67.6 Å². The molecule has 1 N–H and O–H groups in total. The molecule has 0 aliphatic carbocycles. The highest BCUT2D eigenvalue weighted by molar-refractivity contribution is 7.92. The quantitative estimate of drug-likeness (QED) is 0.316. The molecule has 3 aromatic carbocycles. The van der Waals surface area contributed by atoms with Crippen molar-refractivity contribution in [3.63, 3.8) is 0 Å². The lowest BCUT2D eigenvalue weighted by atomic mass is 10.1. The van der Waals surface area contributed by atoms with Crippen molar-refractivity contribution in [2.45, 2.75) is 57.6 Å². The fourth-order valence-electron chi connectivity index (χ4n) is 3.97. The molecule has 214 valence electrons. The van der Waals surface area contributed by atoms with Crippen LogP contribution in [-0.4, -0.2) is 50.9 Å². The molecule has 0 aliphatic heterocycles. The van der Waals surface area contributed by atoms with E-state index < -0.39 is 28.5 Å². The molecule has 3 rings (SSSR count). The molecule has 0 saturated carbocycles. The molecule has 0 aromatic heterocycles. The van der Waals surface area contributed by atoms with Crippen LogP contribution < -0.4 is 14.4 Å². The molecular weight excluding hydrogens is 550 g/mol. The summed E-state index contributed by atoms with van der Waals surface area (Å²) in [6.45, 7) is 6.89. The van der Waals surface area contributed by atoms with Gasteiger partial charge in [-0.3, -0.25) is 13.9 Å². The van der Waals surface area contributed by atoms with Crippen LogP contribution in [0.2, 0.25) is 5.02 Å². The van der Waals surface area contributed by atoms with E-state index in [4.69, 9.17) is 16.3 Å². The normalized spacial score (nSPS) is 12.8. The van der Waals surface area contributed by atoms with Crippen LogP contribution in [0.25, 0.3) is 0 Å². The number of nitrogens with zero attached hydrogens (tertiary/aromatic N) is 2. The van der Waals surface area contributed by atoms with Crippen LogP contribution in [0.1, 0.15) is 38.3 Å².